The van der Waals surface area contributed by atoms with E-state index in [0.717, 1.165) is 37.2 Å². The lowest BCUT2D eigenvalue weighted by Gasteiger charge is -2.28. The van der Waals surface area contributed by atoms with Crippen LogP contribution >= 0.6 is 0 Å². The number of likely N-dealkylation sites (N-methyl/N-ethyl adjacent to an activating group) is 1. The SMILES string of the molecule is CCCOc1ccc([C@@H]2/C(=C(\O)c3ccc4c(c3)C[C@@H](C)O4)C(=O)C(=O)N2CCN(CC)CC)cc1OCC. The van der Waals surface area contributed by atoms with Crippen LogP contribution in [0, 0.1) is 0 Å². The molecule has 0 aromatic heterocycles. The number of hydrogen-bond acceptors (Lipinski definition) is 7. The summed E-state index contributed by atoms with van der Waals surface area (Å²) in [6, 6.07) is 10.1. The van der Waals surface area contributed by atoms with Gasteiger partial charge in [-0.15, -0.1) is 0 Å². The van der Waals surface area contributed by atoms with Gasteiger partial charge in [0, 0.05) is 25.1 Å². The summed E-state index contributed by atoms with van der Waals surface area (Å²) in [4.78, 5) is 30.7. The van der Waals surface area contributed by atoms with E-state index in [4.69, 9.17) is 14.2 Å². The standard InChI is InChI=1S/C31H40N2O6/c1-6-16-38-25-13-10-21(19-26(25)37-9-4)28-27(30(35)31(36)33(28)15-14-32(7-2)8-3)29(34)22-11-12-24-23(18-22)17-20(5)39-24/h10-13,18-20,28,34H,6-9,14-17H2,1-5H3/b29-27+/t20-,28-/m1/s1. The Hall–Kier alpha value is -3.52. The number of ketones is 1. The number of likely N-dealkylation sites (tertiary alicyclic amines) is 1. The third kappa shape index (κ3) is 5.91. The number of aliphatic hydroxyl groups is 1. The molecule has 0 bridgehead atoms. The number of aliphatic hydroxyl groups excluding tert-OH is 1. The van der Waals surface area contributed by atoms with Crippen LogP contribution in [0.25, 0.3) is 5.76 Å². The minimum atomic E-state index is -0.761. The quantitative estimate of drug-likeness (QED) is 0.233. The number of carbonyl (C=O) groups is 2. The Labute approximate surface area is 231 Å². The topological polar surface area (TPSA) is 88.5 Å². The van der Waals surface area contributed by atoms with Gasteiger partial charge in [-0.05, 0) is 74.8 Å². The normalized spacial score (nSPS) is 19.9. The number of benzene rings is 2. The minimum absolute atomic E-state index is 0.0495. The molecule has 1 amide bonds. The van der Waals surface area contributed by atoms with Crippen molar-refractivity contribution in [1.82, 2.24) is 9.80 Å². The highest BCUT2D eigenvalue weighted by Gasteiger charge is 2.46. The Bertz CT molecular complexity index is 1240. The van der Waals surface area contributed by atoms with Crippen molar-refractivity contribution < 1.29 is 28.9 Å². The van der Waals surface area contributed by atoms with Crippen LogP contribution in [0.5, 0.6) is 17.2 Å². The van der Waals surface area contributed by atoms with E-state index in [1.165, 1.54) is 0 Å². The lowest BCUT2D eigenvalue weighted by molar-refractivity contribution is -0.140. The summed E-state index contributed by atoms with van der Waals surface area (Å²) in [6.07, 6.45) is 1.62. The summed E-state index contributed by atoms with van der Waals surface area (Å²) in [5.74, 6) is 0.439. The van der Waals surface area contributed by atoms with Crippen molar-refractivity contribution >= 4 is 17.4 Å². The predicted octanol–water partition coefficient (Wildman–Crippen LogP) is 4.96. The van der Waals surface area contributed by atoms with Crippen molar-refractivity contribution in [2.75, 3.05) is 39.4 Å². The van der Waals surface area contributed by atoms with Gasteiger partial charge in [0.2, 0.25) is 0 Å². The molecule has 2 aliphatic rings. The average Bonchev–Trinajstić information content (AvgIpc) is 3.43. The van der Waals surface area contributed by atoms with Crippen LogP contribution in [0.3, 0.4) is 0 Å². The third-order valence-electron chi connectivity index (χ3n) is 7.31. The van der Waals surface area contributed by atoms with Gasteiger partial charge in [-0.25, -0.2) is 0 Å². The Morgan fingerprint density at radius 3 is 2.51 bits per heavy atom. The second kappa shape index (κ2) is 12.6. The van der Waals surface area contributed by atoms with Gasteiger partial charge in [0.25, 0.3) is 11.7 Å². The molecule has 8 heteroatoms. The van der Waals surface area contributed by atoms with Crippen molar-refractivity contribution in [3.05, 3.63) is 58.7 Å². The van der Waals surface area contributed by atoms with E-state index in [2.05, 4.69) is 18.7 Å². The molecule has 1 fully saturated rings. The third-order valence-corrected chi connectivity index (χ3v) is 7.31. The minimum Gasteiger partial charge on any atom is -0.507 e. The molecule has 8 nitrogen and oxygen atoms in total. The van der Waals surface area contributed by atoms with E-state index in [9.17, 15) is 14.7 Å². The van der Waals surface area contributed by atoms with Crippen LogP contribution < -0.4 is 14.2 Å². The van der Waals surface area contributed by atoms with E-state index in [-0.39, 0.29) is 17.4 Å². The van der Waals surface area contributed by atoms with Crippen LogP contribution in [0.4, 0.5) is 0 Å². The summed E-state index contributed by atoms with van der Waals surface area (Å²) in [6.45, 7) is 13.7. The highest BCUT2D eigenvalue weighted by atomic mass is 16.5. The van der Waals surface area contributed by atoms with E-state index >= 15 is 0 Å². The summed E-state index contributed by atoms with van der Waals surface area (Å²) < 4.78 is 17.6. The number of fused-ring (bicyclic) bond motifs is 1. The molecule has 0 saturated carbocycles. The van der Waals surface area contributed by atoms with Gasteiger partial charge < -0.3 is 29.1 Å². The van der Waals surface area contributed by atoms with Gasteiger partial charge in [0.1, 0.15) is 17.6 Å². The molecular formula is C31H40N2O6. The maximum absolute atomic E-state index is 13.5. The number of carbonyl (C=O) groups excluding carboxylic acids is 2. The lowest BCUT2D eigenvalue weighted by Crippen LogP contribution is -2.38. The second-order valence-corrected chi connectivity index (χ2v) is 9.96. The first-order chi connectivity index (χ1) is 18.8. The number of amides is 1. The molecule has 2 aromatic rings. The molecule has 0 aliphatic carbocycles. The zero-order chi connectivity index (χ0) is 28.1. The monoisotopic (exact) mass is 536 g/mol. The lowest BCUT2D eigenvalue weighted by atomic mass is 9.94. The highest BCUT2D eigenvalue weighted by Crippen LogP contribution is 2.42. The van der Waals surface area contributed by atoms with Crippen LogP contribution in [0.15, 0.2) is 42.0 Å². The van der Waals surface area contributed by atoms with Gasteiger partial charge in [-0.2, -0.15) is 0 Å². The van der Waals surface area contributed by atoms with Crippen LogP contribution in [0.2, 0.25) is 0 Å². The fraction of sp³-hybridized carbons (Fsp3) is 0.484. The second-order valence-electron chi connectivity index (χ2n) is 9.96. The van der Waals surface area contributed by atoms with Crippen LogP contribution in [-0.2, 0) is 16.0 Å². The smallest absolute Gasteiger partial charge is 0.295 e. The zero-order valence-corrected chi connectivity index (χ0v) is 23.7. The van der Waals surface area contributed by atoms with Gasteiger partial charge in [-0.3, -0.25) is 9.59 Å². The number of hydrogen-bond donors (Lipinski definition) is 1. The summed E-state index contributed by atoms with van der Waals surface area (Å²) in [7, 11) is 0. The molecule has 39 heavy (non-hydrogen) atoms. The van der Waals surface area contributed by atoms with Crippen LogP contribution in [0.1, 0.15) is 63.8 Å². The molecule has 1 N–H and O–H groups in total. The first-order valence-electron chi connectivity index (χ1n) is 14.0. The molecule has 0 unspecified atom stereocenters. The Morgan fingerprint density at radius 1 is 1.05 bits per heavy atom. The van der Waals surface area contributed by atoms with Gasteiger partial charge in [-0.1, -0.05) is 26.8 Å². The number of Topliss-reactive ketones (excluding diaryl/α,β-unsaturated/α-hetero) is 1. The molecule has 2 heterocycles. The first-order valence-corrected chi connectivity index (χ1v) is 14.0. The summed E-state index contributed by atoms with van der Waals surface area (Å²) >= 11 is 0. The zero-order valence-electron chi connectivity index (χ0n) is 23.7. The van der Waals surface area contributed by atoms with Crippen molar-refractivity contribution in [2.45, 2.75) is 59.6 Å². The Morgan fingerprint density at radius 2 is 1.82 bits per heavy atom. The number of ether oxygens (including phenoxy) is 3. The first kappa shape index (κ1) is 28.5. The molecule has 0 spiro atoms. The molecular weight excluding hydrogens is 496 g/mol. The van der Waals surface area contributed by atoms with E-state index < -0.39 is 17.7 Å². The molecule has 1 saturated heterocycles. The largest absolute Gasteiger partial charge is 0.507 e. The predicted molar refractivity (Wildman–Crippen MR) is 150 cm³/mol. The summed E-state index contributed by atoms with van der Waals surface area (Å²) in [5, 5.41) is 11.5. The van der Waals surface area contributed by atoms with Crippen molar-refractivity contribution in [3.63, 3.8) is 0 Å². The maximum atomic E-state index is 13.5. The molecule has 210 valence electrons. The van der Waals surface area contributed by atoms with Crippen molar-refractivity contribution in [2.24, 2.45) is 0 Å². The van der Waals surface area contributed by atoms with Gasteiger partial charge in [0.05, 0.1) is 24.8 Å². The van der Waals surface area contributed by atoms with Crippen molar-refractivity contribution in [1.29, 1.82) is 0 Å². The van der Waals surface area contributed by atoms with E-state index in [1.54, 1.807) is 11.0 Å². The van der Waals surface area contributed by atoms with E-state index in [0.29, 0.717) is 48.9 Å². The molecule has 0 radical (unpaired) electrons. The summed E-state index contributed by atoms with van der Waals surface area (Å²) in [5.41, 5.74) is 2.22. The fourth-order valence-electron chi connectivity index (χ4n) is 5.27. The number of rotatable bonds is 12. The van der Waals surface area contributed by atoms with Gasteiger partial charge in [0.15, 0.2) is 11.5 Å². The Kier molecular flexibility index (Phi) is 9.17. The highest BCUT2D eigenvalue weighted by molar-refractivity contribution is 6.46. The molecule has 2 aromatic carbocycles. The number of nitrogens with zero attached hydrogens (tertiary/aromatic N) is 2. The molecule has 4 rings (SSSR count). The molecule has 2 aliphatic heterocycles. The van der Waals surface area contributed by atoms with Gasteiger partial charge >= 0.3 is 0 Å². The van der Waals surface area contributed by atoms with E-state index in [1.807, 2.05) is 51.1 Å². The van der Waals surface area contributed by atoms with Crippen molar-refractivity contribution in [3.8, 4) is 17.2 Å². The Balaban J connectivity index is 1.81. The maximum Gasteiger partial charge on any atom is 0.295 e. The average molecular weight is 537 g/mol. The molecule has 2 atom stereocenters. The fourth-order valence-corrected chi connectivity index (χ4v) is 5.27. The van der Waals surface area contributed by atoms with Crippen LogP contribution in [-0.4, -0.2) is 72.1 Å².